The molecular formula is C13H11FN2O. The third-order valence-electron chi connectivity index (χ3n) is 2.18. The Morgan fingerprint density at radius 1 is 1.06 bits per heavy atom. The maximum absolute atomic E-state index is 12.6. The highest BCUT2D eigenvalue weighted by molar-refractivity contribution is 5.83. The first kappa shape index (κ1) is 11.1. The number of phenols is 1. The Morgan fingerprint density at radius 2 is 1.76 bits per heavy atom. The molecular weight excluding hydrogens is 219 g/mol. The molecule has 0 atom stereocenters. The Balaban J connectivity index is 2.03. The summed E-state index contributed by atoms with van der Waals surface area (Å²) >= 11 is 0. The summed E-state index contributed by atoms with van der Waals surface area (Å²) in [6.45, 7) is 0. The number of hydrogen-bond acceptors (Lipinski definition) is 3. The number of nitrogens with one attached hydrogen (secondary N) is 1. The lowest BCUT2D eigenvalue weighted by atomic mass is 10.2. The molecule has 0 unspecified atom stereocenters. The van der Waals surface area contributed by atoms with E-state index < -0.39 is 0 Å². The van der Waals surface area contributed by atoms with Crippen molar-refractivity contribution in [2.24, 2.45) is 5.10 Å². The zero-order valence-corrected chi connectivity index (χ0v) is 8.97. The number of anilines is 1. The zero-order valence-electron chi connectivity index (χ0n) is 8.97. The monoisotopic (exact) mass is 230 g/mol. The van der Waals surface area contributed by atoms with Crippen molar-refractivity contribution in [3.63, 3.8) is 0 Å². The number of rotatable bonds is 3. The largest absolute Gasteiger partial charge is 0.507 e. The molecule has 2 N–H and O–H groups in total. The molecule has 0 aliphatic rings. The quantitative estimate of drug-likeness (QED) is 0.629. The van der Waals surface area contributed by atoms with Crippen LogP contribution in [0.15, 0.2) is 53.6 Å². The van der Waals surface area contributed by atoms with Crippen molar-refractivity contribution in [2.45, 2.75) is 0 Å². The number of para-hydroxylation sites is 1. The molecule has 0 spiro atoms. The van der Waals surface area contributed by atoms with Crippen LogP contribution in [0.4, 0.5) is 10.1 Å². The highest BCUT2D eigenvalue weighted by atomic mass is 19.1. The van der Waals surface area contributed by atoms with E-state index >= 15 is 0 Å². The van der Waals surface area contributed by atoms with Crippen molar-refractivity contribution in [3.8, 4) is 5.75 Å². The number of halogens is 1. The summed E-state index contributed by atoms with van der Waals surface area (Å²) in [7, 11) is 0. The Hall–Kier alpha value is -2.36. The summed E-state index contributed by atoms with van der Waals surface area (Å²) in [6, 6.07) is 12.7. The molecule has 0 saturated heterocycles. The smallest absolute Gasteiger partial charge is 0.124 e. The fraction of sp³-hybridized carbons (Fsp3) is 0. The maximum atomic E-state index is 12.6. The van der Waals surface area contributed by atoms with Crippen molar-refractivity contribution in [3.05, 3.63) is 59.9 Å². The van der Waals surface area contributed by atoms with Crippen molar-refractivity contribution in [2.75, 3.05) is 5.43 Å². The third kappa shape index (κ3) is 3.04. The Kier molecular flexibility index (Phi) is 3.35. The van der Waals surface area contributed by atoms with Crippen LogP contribution in [0.1, 0.15) is 5.56 Å². The van der Waals surface area contributed by atoms with Crippen molar-refractivity contribution in [1.29, 1.82) is 0 Å². The molecule has 17 heavy (non-hydrogen) atoms. The van der Waals surface area contributed by atoms with E-state index in [2.05, 4.69) is 10.5 Å². The van der Waals surface area contributed by atoms with Crippen LogP contribution in [0.3, 0.4) is 0 Å². The van der Waals surface area contributed by atoms with Crippen LogP contribution in [0.25, 0.3) is 0 Å². The molecule has 0 amide bonds. The van der Waals surface area contributed by atoms with E-state index in [-0.39, 0.29) is 11.6 Å². The maximum Gasteiger partial charge on any atom is 0.124 e. The number of aromatic hydroxyl groups is 1. The first-order valence-electron chi connectivity index (χ1n) is 5.08. The first-order chi connectivity index (χ1) is 8.25. The number of hydrogen-bond donors (Lipinski definition) is 2. The van der Waals surface area contributed by atoms with Gasteiger partial charge in [-0.15, -0.1) is 0 Å². The van der Waals surface area contributed by atoms with Gasteiger partial charge in [0, 0.05) is 5.56 Å². The van der Waals surface area contributed by atoms with E-state index in [4.69, 9.17) is 0 Å². The van der Waals surface area contributed by atoms with Crippen LogP contribution in [0, 0.1) is 5.82 Å². The molecule has 86 valence electrons. The normalized spacial score (nSPS) is 10.6. The molecule has 0 heterocycles. The molecule has 0 fully saturated rings. The van der Waals surface area contributed by atoms with Gasteiger partial charge >= 0.3 is 0 Å². The number of phenolic OH excluding ortho intramolecular Hbond substituents is 1. The van der Waals surface area contributed by atoms with Crippen molar-refractivity contribution < 1.29 is 9.50 Å². The van der Waals surface area contributed by atoms with Crippen LogP contribution >= 0.6 is 0 Å². The fourth-order valence-electron chi connectivity index (χ4n) is 1.30. The Morgan fingerprint density at radius 3 is 2.47 bits per heavy atom. The second-order valence-electron chi connectivity index (χ2n) is 3.44. The SMILES string of the molecule is Oc1ccccc1C=NNc1ccc(F)cc1. The van der Waals surface area contributed by atoms with Crippen LogP contribution in [0.5, 0.6) is 5.75 Å². The van der Waals surface area contributed by atoms with E-state index in [1.807, 2.05) is 0 Å². The van der Waals surface area contributed by atoms with E-state index in [0.717, 1.165) is 0 Å². The van der Waals surface area contributed by atoms with Gasteiger partial charge in [-0.25, -0.2) is 4.39 Å². The third-order valence-corrected chi connectivity index (χ3v) is 2.18. The summed E-state index contributed by atoms with van der Waals surface area (Å²) in [6.07, 6.45) is 1.50. The summed E-state index contributed by atoms with van der Waals surface area (Å²) in [5.74, 6) is -0.127. The average molecular weight is 230 g/mol. The second-order valence-corrected chi connectivity index (χ2v) is 3.44. The van der Waals surface area contributed by atoms with Crippen LogP contribution in [0.2, 0.25) is 0 Å². The van der Waals surface area contributed by atoms with Gasteiger partial charge in [0.2, 0.25) is 0 Å². The first-order valence-corrected chi connectivity index (χ1v) is 5.08. The predicted molar refractivity (Wildman–Crippen MR) is 65.7 cm³/mol. The fourth-order valence-corrected chi connectivity index (χ4v) is 1.30. The second kappa shape index (κ2) is 5.12. The van der Waals surface area contributed by atoms with E-state index in [1.165, 1.54) is 18.3 Å². The molecule has 2 rings (SSSR count). The van der Waals surface area contributed by atoms with E-state index in [9.17, 15) is 9.50 Å². The number of nitrogens with zero attached hydrogens (tertiary/aromatic N) is 1. The van der Waals surface area contributed by atoms with Gasteiger partial charge in [-0.1, -0.05) is 12.1 Å². The molecule has 2 aromatic rings. The minimum Gasteiger partial charge on any atom is -0.507 e. The standard InChI is InChI=1S/C13H11FN2O/c14-11-5-7-12(8-6-11)16-15-9-10-3-1-2-4-13(10)17/h1-9,16-17H. The lowest BCUT2D eigenvalue weighted by Crippen LogP contribution is -1.90. The van der Waals surface area contributed by atoms with E-state index in [0.29, 0.717) is 11.3 Å². The van der Waals surface area contributed by atoms with Gasteiger partial charge in [0.25, 0.3) is 0 Å². The van der Waals surface area contributed by atoms with Gasteiger partial charge in [0.05, 0.1) is 11.9 Å². The Labute approximate surface area is 98.2 Å². The van der Waals surface area contributed by atoms with Crippen molar-refractivity contribution >= 4 is 11.9 Å². The molecule has 0 aromatic heterocycles. The number of hydrazone groups is 1. The average Bonchev–Trinajstić information content (AvgIpc) is 2.34. The Bertz CT molecular complexity index is 523. The van der Waals surface area contributed by atoms with E-state index in [1.54, 1.807) is 36.4 Å². The van der Waals surface area contributed by atoms with Gasteiger partial charge in [-0.3, -0.25) is 5.43 Å². The van der Waals surface area contributed by atoms with Crippen LogP contribution in [-0.4, -0.2) is 11.3 Å². The molecule has 3 nitrogen and oxygen atoms in total. The van der Waals surface area contributed by atoms with Crippen LogP contribution < -0.4 is 5.43 Å². The predicted octanol–water partition coefficient (Wildman–Crippen LogP) is 2.98. The summed E-state index contributed by atoms with van der Waals surface area (Å²) in [5.41, 5.74) is 4.03. The van der Waals surface area contributed by atoms with Gasteiger partial charge < -0.3 is 5.11 Å². The van der Waals surface area contributed by atoms with Crippen molar-refractivity contribution in [1.82, 2.24) is 0 Å². The summed E-state index contributed by atoms with van der Waals surface area (Å²) in [5, 5.41) is 13.4. The lowest BCUT2D eigenvalue weighted by Gasteiger charge is -2.00. The van der Waals surface area contributed by atoms with Gasteiger partial charge in [-0.2, -0.15) is 5.10 Å². The molecule has 4 heteroatoms. The molecule has 0 radical (unpaired) electrons. The van der Waals surface area contributed by atoms with Gasteiger partial charge in [0.15, 0.2) is 0 Å². The summed E-state index contributed by atoms with van der Waals surface area (Å²) in [4.78, 5) is 0. The van der Waals surface area contributed by atoms with Gasteiger partial charge in [-0.05, 0) is 36.4 Å². The molecule has 2 aromatic carbocycles. The topological polar surface area (TPSA) is 44.6 Å². The highest BCUT2D eigenvalue weighted by Gasteiger charge is 1.94. The lowest BCUT2D eigenvalue weighted by molar-refractivity contribution is 0.474. The molecule has 0 aliphatic carbocycles. The molecule has 0 aliphatic heterocycles. The minimum absolute atomic E-state index is 0.164. The highest BCUT2D eigenvalue weighted by Crippen LogP contribution is 2.13. The minimum atomic E-state index is -0.291. The zero-order chi connectivity index (χ0) is 12.1. The molecule has 0 saturated carbocycles. The number of benzene rings is 2. The van der Waals surface area contributed by atoms with Gasteiger partial charge in [0.1, 0.15) is 11.6 Å². The van der Waals surface area contributed by atoms with Crippen LogP contribution in [-0.2, 0) is 0 Å². The molecule has 0 bridgehead atoms. The summed E-state index contributed by atoms with van der Waals surface area (Å²) < 4.78 is 12.6.